The van der Waals surface area contributed by atoms with Gasteiger partial charge in [-0.05, 0) is 183 Å². The molecule has 6 heterocycles. The normalized spacial score (nSPS) is 11.7. The predicted octanol–water partition coefficient (Wildman–Crippen LogP) is 25.7. The van der Waals surface area contributed by atoms with Gasteiger partial charge in [-0.1, -0.05) is 237 Å². The lowest BCUT2D eigenvalue weighted by molar-refractivity contribution is 1.13. The summed E-state index contributed by atoms with van der Waals surface area (Å²) in [5.74, 6) is 1.41. The number of fused-ring (bicyclic) bond motifs is 14. The monoisotopic (exact) mass is 1380 g/mol. The third-order valence-electron chi connectivity index (χ3n) is 21.5. The molecule has 8 nitrogen and oxygen atoms in total. The molecule has 0 bridgehead atoms. The van der Waals surface area contributed by atoms with Crippen LogP contribution in [-0.4, -0.2) is 38.2 Å². The van der Waals surface area contributed by atoms with Crippen LogP contribution in [0.1, 0.15) is 0 Å². The van der Waals surface area contributed by atoms with Gasteiger partial charge in [0.05, 0.1) is 55.5 Å². The second-order valence-corrected chi connectivity index (χ2v) is 27.7. The topological polar surface area (TPSA) is 71.3 Å². The zero-order valence-electron chi connectivity index (χ0n) is 58.5. The highest BCUT2D eigenvalue weighted by atomic mass is 15.0. The zero-order valence-corrected chi connectivity index (χ0v) is 58.5. The van der Waals surface area contributed by atoms with Gasteiger partial charge in [0.2, 0.25) is 0 Å². The van der Waals surface area contributed by atoms with Crippen LogP contribution in [0.4, 0.5) is 0 Å². The number of nitrogens with zero attached hydrogens (tertiary/aromatic N) is 8. The van der Waals surface area contributed by atoms with Crippen molar-refractivity contribution in [1.82, 2.24) is 38.2 Å². The fourth-order valence-corrected chi connectivity index (χ4v) is 16.3. The van der Waals surface area contributed by atoms with Crippen LogP contribution in [0.3, 0.4) is 0 Å². The molecule has 0 atom stereocenters. The third kappa shape index (κ3) is 10.6. The van der Waals surface area contributed by atoms with E-state index in [0.29, 0.717) is 11.6 Å². The molecule has 504 valence electrons. The Hall–Kier alpha value is -14.6. The molecule has 0 saturated heterocycles. The summed E-state index contributed by atoms with van der Waals surface area (Å²) in [7, 11) is 0. The summed E-state index contributed by atoms with van der Waals surface area (Å²) in [4.78, 5) is 20.6. The largest absolute Gasteiger partial charge is 0.316 e. The van der Waals surface area contributed by atoms with Crippen molar-refractivity contribution in [2.75, 3.05) is 0 Å². The van der Waals surface area contributed by atoms with Crippen molar-refractivity contribution in [3.63, 3.8) is 0 Å². The van der Waals surface area contributed by atoms with Crippen LogP contribution >= 0.6 is 0 Å². The molecule has 0 aliphatic carbocycles. The quantitative estimate of drug-likeness (QED) is 0.137. The molecular formula is C100H64N8. The van der Waals surface area contributed by atoms with E-state index < -0.39 is 0 Å². The SMILES string of the molecule is c1ccc(-c2ccc3cc(-c4nc(-c5ccc(-n6c7ccccc7c7c8c(ccc76)ccn8-c6ccccc6)cc5)nc5ccccc45)ccc3c2)cc1.c1ccc(-n2ccc3ccc4c(c5ccccc5n4-c4ccc(-c5nc(-c6ccc(-c7ccc8ccccc8c7)cc6)c6ccccc6n5)cc4)c32)cc1. The van der Waals surface area contributed by atoms with Crippen LogP contribution in [0.15, 0.2) is 389 Å². The summed E-state index contributed by atoms with van der Waals surface area (Å²) in [6.07, 6.45) is 4.36. The maximum absolute atomic E-state index is 5.25. The Bertz CT molecular complexity index is 7260. The first-order valence-corrected chi connectivity index (χ1v) is 36.7. The Morgan fingerprint density at radius 3 is 1.06 bits per heavy atom. The minimum atomic E-state index is 0.707. The maximum Gasteiger partial charge on any atom is 0.160 e. The molecule has 0 saturated carbocycles. The lowest BCUT2D eigenvalue weighted by Crippen LogP contribution is -1.97. The van der Waals surface area contributed by atoms with Crippen LogP contribution in [0, 0.1) is 0 Å². The predicted molar refractivity (Wildman–Crippen MR) is 449 cm³/mol. The van der Waals surface area contributed by atoms with Gasteiger partial charge in [0.1, 0.15) is 0 Å². The molecule has 0 spiro atoms. The molecular weight excluding hydrogens is 1310 g/mol. The van der Waals surface area contributed by atoms with E-state index in [4.69, 9.17) is 19.9 Å². The number of hydrogen-bond donors (Lipinski definition) is 0. The Labute approximate surface area is 621 Å². The molecule has 0 unspecified atom stereocenters. The van der Waals surface area contributed by atoms with Gasteiger partial charge in [0, 0.05) is 100 Å². The highest BCUT2D eigenvalue weighted by Gasteiger charge is 2.22. The smallest absolute Gasteiger partial charge is 0.160 e. The van der Waals surface area contributed by atoms with Crippen LogP contribution < -0.4 is 0 Å². The fourth-order valence-electron chi connectivity index (χ4n) is 16.3. The summed E-state index contributed by atoms with van der Waals surface area (Å²) in [5.41, 5.74) is 24.2. The van der Waals surface area contributed by atoms with Gasteiger partial charge in [-0.25, -0.2) is 19.9 Å². The average molecular weight is 1380 g/mol. The molecule has 0 amide bonds. The van der Waals surface area contributed by atoms with Crippen LogP contribution in [-0.2, 0) is 0 Å². The molecule has 22 aromatic rings. The first kappa shape index (κ1) is 62.0. The molecule has 0 radical (unpaired) electrons. The molecule has 22 rings (SSSR count). The van der Waals surface area contributed by atoms with E-state index in [1.165, 1.54) is 109 Å². The highest BCUT2D eigenvalue weighted by Crippen LogP contribution is 2.43. The molecule has 0 fully saturated rings. The average Bonchev–Trinajstić information content (AvgIpc) is 1.56. The van der Waals surface area contributed by atoms with Crippen molar-refractivity contribution < 1.29 is 0 Å². The van der Waals surface area contributed by atoms with E-state index in [1.807, 2.05) is 12.1 Å². The lowest BCUT2D eigenvalue weighted by Gasteiger charge is -2.12. The van der Waals surface area contributed by atoms with Crippen molar-refractivity contribution in [2.24, 2.45) is 0 Å². The van der Waals surface area contributed by atoms with Gasteiger partial charge in [-0.15, -0.1) is 0 Å². The van der Waals surface area contributed by atoms with Gasteiger partial charge >= 0.3 is 0 Å². The van der Waals surface area contributed by atoms with E-state index in [9.17, 15) is 0 Å². The van der Waals surface area contributed by atoms with Gasteiger partial charge in [0.25, 0.3) is 0 Å². The standard InChI is InChI=1S/2C50H32N4/c1-3-11-33(12-4-1)36-19-20-38-32-39(22-21-37(38)31-36)48-42-15-7-9-17-44(42)51-50(52-48)35-23-26-41(27-24-35)54-45-18-10-8-16-43(45)47-46(54)28-25-34-29-30-53(49(34)47)40-13-5-2-6-14-40;1-2-12-40(13-3-1)53-31-30-36-26-29-46-47(49(36)53)43-15-7-9-17-45(43)54(46)41-27-24-37(25-28-41)50-51-44-16-8-6-14-42(44)48(52-50)35-21-18-34(19-22-35)39-23-20-33-10-4-5-11-38(33)32-39/h2*1-32H. The van der Waals surface area contributed by atoms with E-state index in [1.54, 1.807) is 0 Å². The molecule has 8 heteroatoms. The molecule has 6 aromatic heterocycles. The summed E-state index contributed by atoms with van der Waals surface area (Å²) in [5, 5.41) is 14.3. The van der Waals surface area contributed by atoms with Crippen molar-refractivity contribution in [2.45, 2.75) is 0 Å². The minimum absolute atomic E-state index is 0.707. The molecule has 0 N–H and O–H groups in total. The number of hydrogen-bond acceptors (Lipinski definition) is 4. The first-order valence-electron chi connectivity index (χ1n) is 36.7. The maximum atomic E-state index is 5.25. The Morgan fingerprint density at radius 1 is 0.194 bits per heavy atom. The Kier molecular flexibility index (Phi) is 14.7. The van der Waals surface area contributed by atoms with Crippen LogP contribution in [0.5, 0.6) is 0 Å². The number of benzene rings is 16. The minimum Gasteiger partial charge on any atom is -0.316 e. The number of aromatic nitrogens is 8. The number of para-hydroxylation sites is 6. The first-order chi connectivity index (χ1) is 53.5. The second kappa shape index (κ2) is 25.7. The van der Waals surface area contributed by atoms with Gasteiger partial charge in [-0.2, -0.15) is 0 Å². The van der Waals surface area contributed by atoms with Gasteiger partial charge < -0.3 is 18.3 Å². The summed E-state index contributed by atoms with van der Waals surface area (Å²) >= 11 is 0. The molecule has 16 aromatic carbocycles. The van der Waals surface area contributed by atoms with E-state index in [2.05, 4.69) is 395 Å². The zero-order chi connectivity index (χ0) is 71.2. The fraction of sp³-hybridized carbons (Fsp3) is 0. The third-order valence-corrected chi connectivity index (χ3v) is 21.5. The van der Waals surface area contributed by atoms with Crippen LogP contribution in [0.25, 0.3) is 199 Å². The molecule has 0 aliphatic heterocycles. The van der Waals surface area contributed by atoms with Gasteiger partial charge in [-0.3, -0.25) is 0 Å². The lowest BCUT2D eigenvalue weighted by atomic mass is 9.98. The van der Waals surface area contributed by atoms with Crippen LogP contribution in [0.2, 0.25) is 0 Å². The summed E-state index contributed by atoms with van der Waals surface area (Å²) < 4.78 is 9.37. The summed E-state index contributed by atoms with van der Waals surface area (Å²) in [6, 6.07) is 134. The van der Waals surface area contributed by atoms with Crippen molar-refractivity contribution in [3.8, 4) is 90.3 Å². The van der Waals surface area contributed by atoms with E-state index >= 15 is 0 Å². The highest BCUT2D eigenvalue weighted by molar-refractivity contribution is 6.22. The van der Waals surface area contributed by atoms with E-state index in [-0.39, 0.29) is 0 Å². The number of rotatable bonds is 10. The van der Waals surface area contributed by atoms with E-state index in [0.717, 1.165) is 78.2 Å². The van der Waals surface area contributed by atoms with Gasteiger partial charge in [0.15, 0.2) is 11.6 Å². The molecule has 0 aliphatic rings. The van der Waals surface area contributed by atoms with Crippen molar-refractivity contribution in [1.29, 1.82) is 0 Å². The Balaban J connectivity index is 0.000000138. The molecule has 108 heavy (non-hydrogen) atoms. The second-order valence-electron chi connectivity index (χ2n) is 27.7. The van der Waals surface area contributed by atoms with Crippen molar-refractivity contribution >= 4 is 109 Å². The summed E-state index contributed by atoms with van der Waals surface area (Å²) in [6.45, 7) is 0. The van der Waals surface area contributed by atoms with Crippen molar-refractivity contribution in [3.05, 3.63) is 389 Å². The Morgan fingerprint density at radius 2 is 0.546 bits per heavy atom.